The molecule has 2 aromatic carbocycles. The Bertz CT molecular complexity index is 1050. The van der Waals surface area contributed by atoms with Gasteiger partial charge >= 0.3 is 5.97 Å². The van der Waals surface area contributed by atoms with Gasteiger partial charge in [0.2, 0.25) is 0 Å². The predicted molar refractivity (Wildman–Crippen MR) is 110 cm³/mol. The number of para-hydroxylation sites is 1. The first kappa shape index (κ1) is 19.1. The number of benzene rings is 2. The van der Waals surface area contributed by atoms with Crippen LogP contribution in [0.2, 0.25) is 0 Å². The van der Waals surface area contributed by atoms with Gasteiger partial charge in [0.25, 0.3) is 5.91 Å². The summed E-state index contributed by atoms with van der Waals surface area (Å²) in [5.41, 5.74) is 1.84. The van der Waals surface area contributed by atoms with E-state index in [9.17, 15) is 9.59 Å². The highest BCUT2D eigenvalue weighted by Crippen LogP contribution is 2.28. The summed E-state index contributed by atoms with van der Waals surface area (Å²) < 4.78 is 4.95. The van der Waals surface area contributed by atoms with Gasteiger partial charge in [0.05, 0.1) is 11.3 Å². The van der Waals surface area contributed by atoms with E-state index in [2.05, 4.69) is 5.32 Å². The largest absolute Gasteiger partial charge is 0.452 e. The van der Waals surface area contributed by atoms with Crippen LogP contribution in [0.3, 0.4) is 0 Å². The van der Waals surface area contributed by atoms with Crippen LogP contribution in [-0.4, -0.2) is 18.5 Å². The molecule has 0 saturated heterocycles. The maximum absolute atomic E-state index is 11.9. The number of anilines is 1. The van der Waals surface area contributed by atoms with Crippen LogP contribution in [0, 0.1) is 11.3 Å². The number of amides is 1. The molecule has 1 N–H and O–H groups in total. The Morgan fingerprint density at radius 3 is 2.57 bits per heavy atom. The molecular weight excluding hydrogens is 372 g/mol. The smallest absolute Gasteiger partial charge is 0.331 e. The zero-order chi connectivity index (χ0) is 19.8. The van der Waals surface area contributed by atoms with Gasteiger partial charge in [-0.05, 0) is 35.9 Å². The number of carbonyl (C=O) groups is 2. The number of hydrogen-bond donors (Lipinski definition) is 1. The molecule has 0 unspecified atom stereocenters. The van der Waals surface area contributed by atoms with Crippen LogP contribution in [0.4, 0.5) is 5.69 Å². The summed E-state index contributed by atoms with van der Waals surface area (Å²) in [7, 11) is 0. The van der Waals surface area contributed by atoms with Crippen molar-refractivity contribution in [1.82, 2.24) is 0 Å². The van der Waals surface area contributed by atoms with Gasteiger partial charge < -0.3 is 10.1 Å². The van der Waals surface area contributed by atoms with Crippen molar-refractivity contribution in [3.8, 4) is 16.5 Å². The monoisotopic (exact) mass is 388 g/mol. The number of hydrogen-bond acceptors (Lipinski definition) is 5. The highest BCUT2D eigenvalue weighted by atomic mass is 32.1. The molecule has 138 valence electrons. The lowest BCUT2D eigenvalue weighted by Gasteiger charge is -2.06. The van der Waals surface area contributed by atoms with Gasteiger partial charge in [-0.25, -0.2) is 4.79 Å². The second kappa shape index (κ2) is 9.31. The summed E-state index contributed by atoms with van der Waals surface area (Å²) in [5, 5.41) is 11.6. The molecule has 3 rings (SSSR count). The fraction of sp³-hybridized carbons (Fsp3) is 0.0455. The summed E-state index contributed by atoms with van der Waals surface area (Å²) in [5.74, 6) is -1.12. The molecule has 0 saturated carbocycles. The lowest BCUT2D eigenvalue weighted by atomic mass is 10.2. The highest BCUT2D eigenvalue weighted by Gasteiger charge is 2.08. The molecule has 1 heterocycles. The normalized spacial score (nSPS) is 10.4. The topological polar surface area (TPSA) is 79.2 Å². The van der Waals surface area contributed by atoms with Gasteiger partial charge in [0.15, 0.2) is 6.61 Å². The van der Waals surface area contributed by atoms with Crippen molar-refractivity contribution in [1.29, 1.82) is 5.26 Å². The van der Waals surface area contributed by atoms with Crippen molar-refractivity contribution in [3.63, 3.8) is 0 Å². The lowest BCUT2D eigenvalue weighted by Crippen LogP contribution is -2.20. The van der Waals surface area contributed by atoms with Crippen molar-refractivity contribution in [3.05, 3.63) is 83.2 Å². The number of ether oxygens (including phenoxy) is 1. The second-order valence-corrected chi connectivity index (χ2v) is 6.83. The van der Waals surface area contributed by atoms with E-state index in [0.29, 0.717) is 11.3 Å². The molecule has 0 aliphatic heterocycles. The molecule has 0 atom stereocenters. The van der Waals surface area contributed by atoms with Crippen LogP contribution in [-0.2, 0) is 14.3 Å². The maximum Gasteiger partial charge on any atom is 0.331 e. The van der Waals surface area contributed by atoms with E-state index in [1.807, 2.05) is 48.5 Å². The third-order valence-corrected chi connectivity index (χ3v) is 4.84. The van der Waals surface area contributed by atoms with E-state index < -0.39 is 18.5 Å². The van der Waals surface area contributed by atoms with Crippen LogP contribution >= 0.6 is 11.3 Å². The number of nitriles is 1. The Balaban J connectivity index is 1.51. The summed E-state index contributed by atoms with van der Waals surface area (Å²) in [6.07, 6.45) is 2.94. The SMILES string of the molecule is N#Cc1ccccc1NC(=O)COC(=O)/C=C/c1ccc(-c2ccccc2)s1. The summed E-state index contributed by atoms with van der Waals surface area (Å²) in [6, 6.07) is 22.5. The second-order valence-electron chi connectivity index (χ2n) is 5.71. The average Bonchev–Trinajstić information content (AvgIpc) is 3.21. The minimum Gasteiger partial charge on any atom is -0.452 e. The van der Waals surface area contributed by atoms with E-state index >= 15 is 0 Å². The zero-order valence-electron chi connectivity index (χ0n) is 14.8. The van der Waals surface area contributed by atoms with Crippen molar-refractivity contribution in [2.75, 3.05) is 11.9 Å². The Labute approximate surface area is 166 Å². The van der Waals surface area contributed by atoms with E-state index in [1.165, 1.54) is 6.08 Å². The first-order valence-electron chi connectivity index (χ1n) is 8.45. The third kappa shape index (κ3) is 5.16. The molecule has 28 heavy (non-hydrogen) atoms. The molecule has 6 heteroatoms. The van der Waals surface area contributed by atoms with Crippen molar-refractivity contribution in [2.24, 2.45) is 0 Å². The molecule has 0 spiro atoms. The standard InChI is InChI=1S/C22H16N2O3S/c23-14-17-8-4-5-9-19(17)24-21(25)15-27-22(26)13-11-18-10-12-20(28-18)16-6-2-1-3-7-16/h1-13H,15H2,(H,24,25)/b13-11+. The summed E-state index contributed by atoms with van der Waals surface area (Å²) in [4.78, 5) is 25.7. The van der Waals surface area contributed by atoms with Crippen LogP contribution in [0.1, 0.15) is 10.4 Å². The highest BCUT2D eigenvalue weighted by molar-refractivity contribution is 7.16. The number of rotatable bonds is 6. The van der Waals surface area contributed by atoms with Gasteiger partial charge in [0, 0.05) is 15.8 Å². The minimum absolute atomic E-state index is 0.342. The van der Waals surface area contributed by atoms with Crippen molar-refractivity contribution >= 4 is 35.0 Å². The van der Waals surface area contributed by atoms with E-state index in [4.69, 9.17) is 10.00 Å². The molecule has 1 aromatic heterocycles. The van der Waals surface area contributed by atoms with E-state index in [-0.39, 0.29) is 0 Å². The van der Waals surface area contributed by atoms with E-state index in [1.54, 1.807) is 41.7 Å². The Morgan fingerprint density at radius 1 is 1.04 bits per heavy atom. The number of nitrogens with one attached hydrogen (secondary N) is 1. The molecule has 0 radical (unpaired) electrons. The van der Waals surface area contributed by atoms with Gasteiger partial charge in [-0.2, -0.15) is 5.26 Å². The average molecular weight is 388 g/mol. The van der Waals surface area contributed by atoms with Crippen LogP contribution in [0.25, 0.3) is 16.5 Å². The molecule has 5 nitrogen and oxygen atoms in total. The van der Waals surface area contributed by atoms with Gasteiger partial charge in [-0.3, -0.25) is 4.79 Å². The predicted octanol–water partition coefficient (Wildman–Crippen LogP) is 4.48. The van der Waals surface area contributed by atoms with Gasteiger partial charge in [0.1, 0.15) is 6.07 Å². The molecule has 0 bridgehead atoms. The lowest BCUT2D eigenvalue weighted by molar-refractivity contribution is -0.142. The molecular formula is C22H16N2O3S. The molecule has 0 aliphatic carbocycles. The van der Waals surface area contributed by atoms with Crippen molar-refractivity contribution in [2.45, 2.75) is 0 Å². The van der Waals surface area contributed by atoms with Crippen LogP contribution in [0.15, 0.2) is 72.8 Å². The Kier molecular flexibility index (Phi) is 6.34. The maximum atomic E-state index is 11.9. The molecule has 0 fully saturated rings. The number of esters is 1. The Morgan fingerprint density at radius 2 is 1.79 bits per heavy atom. The molecule has 3 aromatic rings. The summed E-state index contributed by atoms with van der Waals surface area (Å²) >= 11 is 1.55. The van der Waals surface area contributed by atoms with Gasteiger partial charge in [-0.15, -0.1) is 11.3 Å². The quantitative estimate of drug-likeness (QED) is 0.499. The number of nitrogens with zero attached hydrogens (tertiary/aromatic N) is 1. The van der Waals surface area contributed by atoms with Crippen LogP contribution in [0.5, 0.6) is 0 Å². The van der Waals surface area contributed by atoms with E-state index in [0.717, 1.165) is 15.3 Å². The first-order chi connectivity index (χ1) is 13.7. The van der Waals surface area contributed by atoms with Crippen molar-refractivity contribution < 1.29 is 14.3 Å². The van der Waals surface area contributed by atoms with Crippen LogP contribution < -0.4 is 5.32 Å². The fourth-order valence-corrected chi connectivity index (χ4v) is 3.33. The molecule has 1 amide bonds. The Hall–Kier alpha value is -3.69. The third-order valence-electron chi connectivity index (χ3n) is 3.74. The zero-order valence-corrected chi connectivity index (χ0v) is 15.6. The summed E-state index contributed by atoms with van der Waals surface area (Å²) in [6.45, 7) is -0.428. The fourth-order valence-electron chi connectivity index (χ4n) is 2.41. The minimum atomic E-state index is -0.613. The molecule has 0 aliphatic rings. The number of carbonyl (C=O) groups excluding carboxylic acids is 2. The van der Waals surface area contributed by atoms with Gasteiger partial charge in [-0.1, -0.05) is 42.5 Å². The number of thiophene rings is 1. The first-order valence-corrected chi connectivity index (χ1v) is 9.26.